The van der Waals surface area contributed by atoms with Gasteiger partial charge >= 0.3 is 0 Å². The molecule has 27 heavy (non-hydrogen) atoms. The topological polar surface area (TPSA) is 70.6 Å². The van der Waals surface area contributed by atoms with Crippen molar-refractivity contribution in [2.45, 2.75) is 63.8 Å². The Morgan fingerprint density at radius 3 is 2.59 bits per heavy atom. The van der Waals surface area contributed by atoms with Gasteiger partial charge in [0.1, 0.15) is 10.0 Å². The lowest BCUT2D eigenvalue weighted by Crippen LogP contribution is -2.47. The van der Waals surface area contributed by atoms with Crippen LogP contribution in [0.3, 0.4) is 0 Å². The highest BCUT2D eigenvalue weighted by atomic mass is 35.5. The van der Waals surface area contributed by atoms with Crippen molar-refractivity contribution in [2.75, 3.05) is 19.6 Å². The second kappa shape index (κ2) is 9.85. The molecule has 1 unspecified atom stereocenters. The Labute approximate surface area is 167 Å². The smallest absolute Gasteiger partial charge is 0.246 e. The summed E-state index contributed by atoms with van der Waals surface area (Å²) in [5.74, 6) is 0.0425. The molecule has 0 aliphatic carbocycles. The van der Waals surface area contributed by atoms with Gasteiger partial charge in [-0.05, 0) is 44.7 Å². The largest absolute Gasteiger partial charge is 0.340 e. The van der Waals surface area contributed by atoms with Gasteiger partial charge in [-0.1, -0.05) is 31.9 Å². The maximum absolute atomic E-state index is 13.0. The Balaban J connectivity index is 2.05. The van der Waals surface area contributed by atoms with Crippen LogP contribution in [-0.2, 0) is 14.8 Å². The summed E-state index contributed by atoms with van der Waals surface area (Å²) in [5, 5.41) is -0.0155. The molecule has 1 fully saturated rings. The number of pyridine rings is 1. The number of aromatic nitrogens is 1. The molecule has 1 amide bonds. The second-order valence-electron chi connectivity index (χ2n) is 7.11. The number of hydrogen-bond acceptors (Lipinski definition) is 4. The van der Waals surface area contributed by atoms with E-state index in [1.54, 1.807) is 6.07 Å². The van der Waals surface area contributed by atoms with Crippen LogP contribution in [0.15, 0.2) is 23.2 Å². The van der Waals surface area contributed by atoms with Gasteiger partial charge in [0.15, 0.2) is 0 Å². The summed E-state index contributed by atoms with van der Waals surface area (Å²) in [7, 11) is -3.68. The fourth-order valence-corrected chi connectivity index (χ4v) is 5.27. The molecule has 1 aliphatic heterocycles. The van der Waals surface area contributed by atoms with Crippen LogP contribution in [-0.4, -0.2) is 54.2 Å². The number of carbonyl (C=O) groups is 1. The number of halogens is 1. The lowest BCUT2D eigenvalue weighted by atomic mass is 9.95. The van der Waals surface area contributed by atoms with Crippen LogP contribution in [0.5, 0.6) is 0 Å². The van der Waals surface area contributed by atoms with E-state index in [4.69, 9.17) is 11.6 Å². The van der Waals surface area contributed by atoms with Crippen LogP contribution in [0, 0.1) is 5.92 Å². The second-order valence-corrected chi connectivity index (χ2v) is 9.38. The minimum Gasteiger partial charge on any atom is -0.340 e. The summed E-state index contributed by atoms with van der Waals surface area (Å²) in [6.45, 7) is 7.71. The zero-order chi connectivity index (χ0) is 20.0. The van der Waals surface area contributed by atoms with Crippen LogP contribution in [0.2, 0.25) is 5.15 Å². The van der Waals surface area contributed by atoms with E-state index in [9.17, 15) is 13.2 Å². The van der Waals surface area contributed by atoms with Gasteiger partial charge < -0.3 is 4.90 Å². The molecule has 0 aromatic carbocycles. The van der Waals surface area contributed by atoms with E-state index in [0.717, 1.165) is 25.8 Å². The normalized spacial score (nSPS) is 17.6. The number of hydrogen-bond donors (Lipinski definition) is 0. The van der Waals surface area contributed by atoms with Crippen molar-refractivity contribution in [1.29, 1.82) is 0 Å². The summed E-state index contributed by atoms with van der Waals surface area (Å²) < 4.78 is 27.1. The zero-order valence-corrected chi connectivity index (χ0v) is 18.0. The van der Waals surface area contributed by atoms with E-state index in [1.807, 2.05) is 4.90 Å². The fraction of sp³-hybridized carbons (Fsp3) is 0.684. The molecule has 6 nitrogen and oxygen atoms in total. The van der Waals surface area contributed by atoms with E-state index in [-0.39, 0.29) is 27.9 Å². The molecular formula is C19H30ClN3O3S. The quantitative estimate of drug-likeness (QED) is 0.608. The van der Waals surface area contributed by atoms with Gasteiger partial charge in [-0.3, -0.25) is 4.79 Å². The number of amides is 1. The zero-order valence-electron chi connectivity index (χ0n) is 16.4. The summed E-state index contributed by atoms with van der Waals surface area (Å²) in [6.07, 6.45) is 5.49. The average Bonchev–Trinajstić information content (AvgIpc) is 2.68. The predicted octanol–water partition coefficient (Wildman–Crippen LogP) is 3.56. The van der Waals surface area contributed by atoms with Crippen molar-refractivity contribution in [3.8, 4) is 0 Å². The molecular weight excluding hydrogens is 386 g/mol. The van der Waals surface area contributed by atoms with E-state index >= 15 is 0 Å². The van der Waals surface area contributed by atoms with Crippen molar-refractivity contribution < 1.29 is 13.2 Å². The standard InChI is InChI=1S/C19H30ClN3O3S/c1-4-6-12-23(15(3)5-2)19(24)16-9-13-22(14-10-16)27(25,26)17-8-7-11-21-18(17)20/h7-8,11,15-16H,4-6,9-10,12-14H2,1-3H3. The summed E-state index contributed by atoms with van der Waals surface area (Å²) >= 11 is 5.97. The Morgan fingerprint density at radius 2 is 2.04 bits per heavy atom. The first-order valence-corrected chi connectivity index (χ1v) is 11.6. The Bertz CT molecular complexity index is 733. The lowest BCUT2D eigenvalue weighted by molar-refractivity contribution is -0.139. The van der Waals surface area contributed by atoms with Gasteiger partial charge in [-0.2, -0.15) is 4.31 Å². The molecule has 152 valence electrons. The molecule has 1 aliphatic rings. The maximum atomic E-state index is 13.0. The SMILES string of the molecule is CCCCN(C(=O)C1CCN(S(=O)(=O)c2cccnc2Cl)CC1)C(C)CC. The molecule has 0 saturated carbocycles. The lowest BCUT2D eigenvalue weighted by Gasteiger charge is -2.36. The van der Waals surface area contributed by atoms with Crippen molar-refractivity contribution in [3.63, 3.8) is 0 Å². The van der Waals surface area contributed by atoms with Crippen molar-refractivity contribution in [3.05, 3.63) is 23.5 Å². The monoisotopic (exact) mass is 415 g/mol. The van der Waals surface area contributed by atoms with Crippen LogP contribution < -0.4 is 0 Å². The van der Waals surface area contributed by atoms with Crippen LogP contribution in [0.1, 0.15) is 52.9 Å². The van der Waals surface area contributed by atoms with Gasteiger partial charge in [0, 0.05) is 37.8 Å². The van der Waals surface area contributed by atoms with Crippen LogP contribution in [0.4, 0.5) is 0 Å². The Kier molecular flexibility index (Phi) is 8.06. The van der Waals surface area contributed by atoms with Crippen LogP contribution >= 0.6 is 11.6 Å². The molecule has 0 radical (unpaired) electrons. The number of nitrogens with zero attached hydrogens (tertiary/aromatic N) is 3. The molecule has 0 N–H and O–H groups in total. The first kappa shape index (κ1) is 22.1. The number of sulfonamides is 1. The first-order chi connectivity index (χ1) is 12.8. The Hall–Kier alpha value is -1.18. The van der Waals surface area contributed by atoms with Gasteiger partial charge in [0.2, 0.25) is 15.9 Å². The number of unbranched alkanes of at least 4 members (excludes halogenated alkanes) is 1. The third-order valence-corrected chi connectivity index (χ3v) is 7.65. The molecule has 2 rings (SSSR count). The molecule has 1 atom stereocenters. The van der Waals surface area contributed by atoms with Gasteiger partial charge in [-0.25, -0.2) is 13.4 Å². The minimum atomic E-state index is -3.68. The molecule has 1 saturated heterocycles. The minimum absolute atomic E-state index is 0.0155. The summed E-state index contributed by atoms with van der Waals surface area (Å²) in [4.78, 5) is 18.9. The molecule has 0 bridgehead atoms. The van der Waals surface area contributed by atoms with Crippen molar-refractivity contribution >= 4 is 27.5 Å². The number of carbonyl (C=O) groups excluding carboxylic acids is 1. The molecule has 1 aromatic rings. The van der Waals surface area contributed by atoms with E-state index in [2.05, 4.69) is 25.8 Å². The van der Waals surface area contributed by atoms with Crippen molar-refractivity contribution in [2.24, 2.45) is 5.92 Å². The van der Waals surface area contributed by atoms with Crippen molar-refractivity contribution in [1.82, 2.24) is 14.2 Å². The van der Waals surface area contributed by atoms with E-state index < -0.39 is 10.0 Å². The number of piperidine rings is 1. The number of rotatable bonds is 8. The molecule has 1 aromatic heterocycles. The summed E-state index contributed by atoms with van der Waals surface area (Å²) in [6, 6.07) is 3.24. The van der Waals surface area contributed by atoms with Crippen LogP contribution in [0.25, 0.3) is 0 Å². The maximum Gasteiger partial charge on any atom is 0.246 e. The molecule has 2 heterocycles. The highest BCUT2D eigenvalue weighted by Gasteiger charge is 2.35. The highest BCUT2D eigenvalue weighted by molar-refractivity contribution is 7.89. The third kappa shape index (κ3) is 5.21. The molecule has 8 heteroatoms. The van der Waals surface area contributed by atoms with E-state index in [0.29, 0.717) is 25.9 Å². The van der Waals surface area contributed by atoms with Gasteiger partial charge in [0.05, 0.1) is 0 Å². The van der Waals surface area contributed by atoms with Gasteiger partial charge in [-0.15, -0.1) is 0 Å². The first-order valence-electron chi connectivity index (χ1n) is 9.74. The Morgan fingerprint density at radius 1 is 1.37 bits per heavy atom. The predicted molar refractivity (Wildman–Crippen MR) is 107 cm³/mol. The third-order valence-electron chi connectivity index (χ3n) is 5.30. The van der Waals surface area contributed by atoms with E-state index in [1.165, 1.54) is 16.6 Å². The highest BCUT2D eigenvalue weighted by Crippen LogP contribution is 2.28. The average molecular weight is 416 g/mol. The van der Waals surface area contributed by atoms with Gasteiger partial charge in [0.25, 0.3) is 0 Å². The fourth-order valence-electron chi connectivity index (χ4n) is 3.38. The molecule has 0 spiro atoms. The summed E-state index contributed by atoms with van der Waals surface area (Å²) in [5.41, 5.74) is 0.